The number of piperidine rings is 1. The topological polar surface area (TPSA) is 122 Å². The number of carbonyl (C=O) groups excluding carboxylic acids is 3. The number of nitrogens with zero attached hydrogens (tertiary/aromatic N) is 1. The van der Waals surface area contributed by atoms with Crippen LogP contribution in [-0.2, 0) is 19.1 Å². The number of carboxylic acid groups (broad SMARTS) is 1. The van der Waals surface area contributed by atoms with Gasteiger partial charge in [0.2, 0.25) is 17.5 Å². The van der Waals surface area contributed by atoms with Crippen molar-refractivity contribution in [2.24, 2.45) is 23.7 Å². The molecule has 9 nitrogen and oxygen atoms in total. The molecule has 1 aromatic rings. The highest BCUT2D eigenvalue weighted by atomic mass is 19.2. The monoisotopic (exact) mass is 588 g/mol. The molecule has 41 heavy (non-hydrogen) atoms. The van der Waals surface area contributed by atoms with E-state index in [2.05, 4.69) is 30.8 Å². The number of rotatable bonds is 10. The van der Waals surface area contributed by atoms with Gasteiger partial charge in [-0.15, -0.1) is 0 Å². The zero-order valence-corrected chi connectivity index (χ0v) is 23.3. The first-order chi connectivity index (χ1) is 19.3. The second-order valence-corrected chi connectivity index (χ2v) is 11.2. The summed E-state index contributed by atoms with van der Waals surface area (Å²) in [5.74, 6) is -11.4. The molecule has 0 unspecified atom stereocenters. The summed E-state index contributed by atoms with van der Waals surface area (Å²) in [6.07, 6.45) is 1.86. The minimum absolute atomic E-state index is 0.0311. The molecule has 1 aromatic carbocycles. The fraction of sp³-hybridized carbons (Fsp3) is 0.643. The van der Waals surface area contributed by atoms with Crippen LogP contribution in [0.1, 0.15) is 59.3 Å². The molecular formula is C28H36F4N2O7. The summed E-state index contributed by atoms with van der Waals surface area (Å²) >= 11 is 0. The summed E-state index contributed by atoms with van der Waals surface area (Å²) < 4.78 is 65.0. The van der Waals surface area contributed by atoms with Gasteiger partial charge in [0, 0.05) is 25.1 Å². The van der Waals surface area contributed by atoms with Crippen molar-refractivity contribution in [3.8, 4) is 5.75 Å². The van der Waals surface area contributed by atoms with Crippen molar-refractivity contribution in [2.45, 2.75) is 71.4 Å². The quantitative estimate of drug-likeness (QED) is 0.306. The Labute approximate surface area is 235 Å². The van der Waals surface area contributed by atoms with Gasteiger partial charge >= 0.3 is 12.1 Å². The number of aliphatic carboxylic acids is 1. The lowest BCUT2D eigenvalue weighted by molar-refractivity contribution is -0.141. The fourth-order valence-electron chi connectivity index (χ4n) is 5.41. The fourth-order valence-corrected chi connectivity index (χ4v) is 5.41. The van der Waals surface area contributed by atoms with E-state index < -0.39 is 77.8 Å². The molecule has 4 atom stereocenters. The number of nitrogens with one attached hydrogen (secondary N) is 1. The van der Waals surface area contributed by atoms with Gasteiger partial charge < -0.3 is 24.8 Å². The molecule has 0 spiro atoms. The average molecular weight is 589 g/mol. The van der Waals surface area contributed by atoms with E-state index in [1.165, 1.54) is 4.90 Å². The van der Waals surface area contributed by atoms with Crippen molar-refractivity contribution in [1.82, 2.24) is 10.2 Å². The summed E-state index contributed by atoms with van der Waals surface area (Å²) in [6, 6.07) is -1.66. The van der Waals surface area contributed by atoms with Crippen LogP contribution in [0.15, 0.2) is 6.07 Å². The van der Waals surface area contributed by atoms with Gasteiger partial charge in [-0.2, -0.15) is 8.78 Å². The van der Waals surface area contributed by atoms with Gasteiger partial charge in [-0.1, -0.05) is 27.2 Å². The van der Waals surface area contributed by atoms with Gasteiger partial charge in [-0.25, -0.2) is 13.6 Å². The molecule has 1 aliphatic heterocycles. The summed E-state index contributed by atoms with van der Waals surface area (Å²) in [5.41, 5.74) is 0. The van der Waals surface area contributed by atoms with Crippen LogP contribution in [0.5, 0.6) is 5.75 Å². The molecule has 1 aliphatic carbocycles. The summed E-state index contributed by atoms with van der Waals surface area (Å²) in [4.78, 5) is 51.1. The van der Waals surface area contributed by atoms with E-state index >= 15 is 0 Å². The number of carbonyl (C=O) groups is 4. The maximum absolute atomic E-state index is 13.8. The Morgan fingerprint density at radius 2 is 1.63 bits per heavy atom. The first-order valence-corrected chi connectivity index (χ1v) is 13.7. The van der Waals surface area contributed by atoms with E-state index in [0.717, 1.165) is 19.3 Å². The molecule has 0 radical (unpaired) electrons. The number of ether oxygens (including phenoxy) is 2. The predicted molar refractivity (Wildman–Crippen MR) is 137 cm³/mol. The highest BCUT2D eigenvalue weighted by molar-refractivity contribution is 5.93. The standard InChI is InChI=1S/C28H36F4N2O7/c1-14(2)17-5-4-15(3)10-22(17)41-28(39)34-8-6-16(7-9-34)27(38)33-20(12-23(36)37)21(35)13-40-26-24(31)18(29)11-19(30)25(26)32/h11,14-17,20,22H,4-10,12-13H2,1-3H3,(H,33,38)(H,36,37)/t15-,17+,20-,22-/m0/s1. The van der Waals surface area contributed by atoms with E-state index in [1.54, 1.807) is 0 Å². The van der Waals surface area contributed by atoms with Gasteiger partial charge in [0.25, 0.3) is 0 Å². The lowest BCUT2D eigenvalue weighted by Crippen LogP contribution is -2.49. The molecule has 2 aliphatic rings. The summed E-state index contributed by atoms with van der Waals surface area (Å²) in [6.45, 7) is 5.63. The van der Waals surface area contributed by atoms with Crippen LogP contribution in [0.25, 0.3) is 0 Å². The smallest absolute Gasteiger partial charge is 0.410 e. The Balaban J connectivity index is 1.55. The summed E-state index contributed by atoms with van der Waals surface area (Å²) in [5, 5.41) is 11.5. The van der Waals surface area contributed by atoms with Gasteiger partial charge in [-0.05, 0) is 43.4 Å². The third-order valence-corrected chi connectivity index (χ3v) is 7.85. The van der Waals surface area contributed by atoms with E-state index in [0.29, 0.717) is 11.8 Å². The molecule has 13 heteroatoms. The molecule has 228 valence electrons. The molecule has 1 saturated carbocycles. The van der Waals surface area contributed by atoms with Gasteiger partial charge in [0.1, 0.15) is 18.8 Å². The maximum atomic E-state index is 13.8. The Bertz CT molecular complexity index is 1110. The molecule has 2 N–H and O–H groups in total. The van der Waals surface area contributed by atoms with Gasteiger partial charge in [-0.3, -0.25) is 14.4 Å². The highest BCUT2D eigenvalue weighted by Gasteiger charge is 2.36. The Kier molecular flexibility index (Phi) is 11.0. The molecule has 2 amide bonds. The third kappa shape index (κ3) is 8.32. The van der Waals surface area contributed by atoms with Crippen LogP contribution in [-0.4, -0.2) is 65.6 Å². The second-order valence-electron chi connectivity index (χ2n) is 11.2. The first kappa shape index (κ1) is 32.1. The molecular weight excluding hydrogens is 552 g/mol. The number of carboxylic acids is 1. The van der Waals surface area contributed by atoms with Crippen LogP contribution in [0.3, 0.4) is 0 Å². The van der Waals surface area contributed by atoms with Crippen LogP contribution >= 0.6 is 0 Å². The van der Waals surface area contributed by atoms with Crippen molar-refractivity contribution in [1.29, 1.82) is 0 Å². The Morgan fingerprint density at radius 3 is 2.20 bits per heavy atom. The number of likely N-dealkylation sites (tertiary alicyclic amines) is 1. The van der Waals surface area contributed by atoms with Crippen molar-refractivity contribution in [2.75, 3.05) is 19.7 Å². The lowest BCUT2D eigenvalue weighted by Gasteiger charge is -2.38. The lowest BCUT2D eigenvalue weighted by atomic mass is 9.75. The van der Waals surface area contributed by atoms with E-state index in [9.17, 15) is 41.8 Å². The predicted octanol–water partition coefficient (Wildman–Crippen LogP) is 4.46. The van der Waals surface area contributed by atoms with Crippen molar-refractivity contribution in [3.63, 3.8) is 0 Å². The molecule has 2 fully saturated rings. The van der Waals surface area contributed by atoms with Crippen LogP contribution in [0.4, 0.5) is 22.4 Å². The number of halogens is 4. The van der Waals surface area contributed by atoms with Crippen LogP contribution in [0.2, 0.25) is 0 Å². The number of ketones is 1. The highest BCUT2D eigenvalue weighted by Crippen LogP contribution is 2.36. The van der Waals surface area contributed by atoms with E-state index in [-0.39, 0.29) is 44.0 Å². The Hall–Kier alpha value is -3.38. The minimum atomic E-state index is -1.86. The largest absolute Gasteiger partial charge is 0.481 e. The molecule has 0 aromatic heterocycles. The van der Waals surface area contributed by atoms with Crippen LogP contribution < -0.4 is 10.1 Å². The van der Waals surface area contributed by atoms with Gasteiger partial charge in [0.15, 0.2) is 23.2 Å². The zero-order chi connectivity index (χ0) is 30.4. The van der Waals surface area contributed by atoms with Gasteiger partial charge in [0.05, 0.1) is 6.42 Å². The minimum Gasteiger partial charge on any atom is -0.481 e. The first-order valence-electron chi connectivity index (χ1n) is 13.7. The molecule has 1 heterocycles. The number of hydrogen-bond donors (Lipinski definition) is 2. The van der Waals surface area contributed by atoms with Crippen LogP contribution in [0, 0.1) is 46.9 Å². The molecule has 1 saturated heterocycles. The Morgan fingerprint density at radius 1 is 1.02 bits per heavy atom. The number of amides is 2. The molecule has 0 bridgehead atoms. The van der Waals surface area contributed by atoms with E-state index in [4.69, 9.17) is 4.74 Å². The average Bonchev–Trinajstić information content (AvgIpc) is 2.91. The van der Waals surface area contributed by atoms with Crippen molar-refractivity contribution in [3.05, 3.63) is 29.3 Å². The third-order valence-electron chi connectivity index (χ3n) is 7.85. The zero-order valence-electron chi connectivity index (χ0n) is 23.3. The second kappa shape index (κ2) is 14.0. The number of Topliss-reactive ketones (excluding diaryl/α,β-unsaturated/α-hetero) is 1. The maximum Gasteiger partial charge on any atom is 0.410 e. The number of hydrogen-bond acceptors (Lipinski definition) is 6. The normalized spacial score (nSPS) is 22.2. The SMILES string of the molecule is CC(C)[C@H]1CC[C@H](C)C[C@@H]1OC(=O)N1CCC(C(=O)N[C@@H](CC(=O)O)C(=O)COc2c(F)c(F)cc(F)c2F)CC1. The summed E-state index contributed by atoms with van der Waals surface area (Å²) in [7, 11) is 0. The van der Waals surface area contributed by atoms with Crippen molar-refractivity contribution < 1.29 is 51.3 Å². The number of benzene rings is 1. The van der Waals surface area contributed by atoms with E-state index in [1.807, 2.05) is 0 Å². The molecule has 3 rings (SSSR count). The van der Waals surface area contributed by atoms with Crippen molar-refractivity contribution >= 4 is 23.8 Å².